The lowest BCUT2D eigenvalue weighted by molar-refractivity contribution is -0.122. The van der Waals surface area contributed by atoms with E-state index in [0.29, 0.717) is 35.1 Å². The van der Waals surface area contributed by atoms with Crippen LogP contribution in [-0.4, -0.2) is 113 Å². The average molecular weight is 618 g/mol. The summed E-state index contributed by atoms with van der Waals surface area (Å²) >= 11 is 0. The van der Waals surface area contributed by atoms with E-state index < -0.39 is 11.8 Å². The third kappa shape index (κ3) is 6.19. The first-order chi connectivity index (χ1) is 21.6. The number of likely N-dealkylation sites (N-methyl/N-ethyl adjacent to an activating group) is 2. The zero-order chi connectivity index (χ0) is 32.4. The topological polar surface area (TPSA) is 121 Å². The minimum Gasteiger partial charge on any atom is -0.377 e. The number of rotatable bonds is 14. The first-order valence-corrected chi connectivity index (χ1v) is 14.9. The Morgan fingerprint density at radius 3 is 1.64 bits per heavy atom. The zero-order valence-corrected chi connectivity index (χ0v) is 27.2. The third-order valence-electron chi connectivity index (χ3n) is 8.65. The maximum atomic E-state index is 13.4. The molecule has 0 spiro atoms. The van der Waals surface area contributed by atoms with E-state index in [1.54, 1.807) is 40.8 Å². The number of methoxy groups -OCH3 is 4. The van der Waals surface area contributed by atoms with Gasteiger partial charge in [0.15, 0.2) is 0 Å². The van der Waals surface area contributed by atoms with Gasteiger partial charge in [-0.15, -0.1) is 0 Å². The lowest BCUT2D eigenvalue weighted by atomic mass is 9.91. The highest BCUT2D eigenvalue weighted by molar-refractivity contribution is 6.50. The summed E-state index contributed by atoms with van der Waals surface area (Å²) in [6.45, 7) is 0. The number of aromatic nitrogens is 2. The van der Waals surface area contributed by atoms with Crippen molar-refractivity contribution in [2.45, 2.75) is 37.5 Å². The molecule has 1 aliphatic heterocycles. The number of carbonyl (C=O) groups is 2. The summed E-state index contributed by atoms with van der Waals surface area (Å²) in [6.07, 6.45) is 3.54. The maximum Gasteiger partial charge on any atom is 0.259 e. The van der Waals surface area contributed by atoms with Crippen molar-refractivity contribution in [3.8, 4) is 0 Å². The van der Waals surface area contributed by atoms with Crippen molar-refractivity contribution in [2.75, 3.05) is 56.6 Å². The van der Waals surface area contributed by atoms with E-state index in [9.17, 15) is 9.59 Å². The Kier molecular flexibility index (Phi) is 9.88. The highest BCUT2D eigenvalue weighted by atomic mass is 16.5. The number of hydrogen-bond donors (Lipinski definition) is 3. The number of imide groups is 1. The lowest BCUT2D eigenvalue weighted by Crippen LogP contribution is -2.44. The molecule has 4 unspecified atom stereocenters. The first-order valence-electron chi connectivity index (χ1n) is 14.9. The molecule has 1 aliphatic rings. The number of hydrogen-bond acceptors (Lipinski definition) is 8. The molecule has 2 aromatic heterocycles. The Hall–Kier alpha value is -3.84. The van der Waals surface area contributed by atoms with Crippen LogP contribution < -0.4 is 5.32 Å². The molecular formula is C34H43N5O6. The molecule has 45 heavy (non-hydrogen) atoms. The van der Waals surface area contributed by atoms with Crippen molar-refractivity contribution in [3.05, 3.63) is 71.0 Å². The van der Waals surface area contributed by atoms with E-state index in [-0.39, 0.29) is 24.7 Å². The molecule has 4 atom stereocenters. The largest absolute Gasteiger partial charge is 0.377 e. The van der Waals surface area contributed by atoms with Gasteiger partial charge in [-0.25, -0.2) is 0 Å². The van der Waals surface area contributed by atoms with Gasteiger partial charge >= 0.3 is 0 Å². The Morgan fingerprint density at radius 1 is 0.644 bits per heavy atom. The lowest BCUT2D eigenvalue weighted by Gasteiger charge is -2.32. The van der Waals surface area contributed by atoms with Crippen LogP contribution >= 0.6 is 0 Å². The molecule has 0 saturated carbocycles. The number of aromatic amines is 2. The summed E-state index contributed by atoms with van der Waals surface area (Å²) in [7, 11) is 14.5. The Balaban J connectivity index is 1.68. The molecule has 0 saturated heterocycles. The summed E-state index contributed by atoms with van der Waals surface area (Å²) in [5, 5.41) is 4.22. The van der Waals surface area contributed by atoms with Gasteiger partial charge in [-0.2, -0.15) is 0 Å². The molecule has 4 aromatic rings. The Bertz CT molecular complexity index is 1720. The zero-order valence-electron chi connectivity index (χ0n) is 27.2. The fourth-order valence-electron chi connectivity index (χ4n) is 6.52. The Morgan fingerprint density at radius 2 is 1.13 bits per heavy atom. The van der Waals surface area contributed by atoms with Crippen LogP contribution in [0.2, 0.25) is 0 Å². The molecule has 3 heterocycles. The van der Waals surface area contributed by atoms with Crippen molar-refractivity contribution < 1.29 is 28.5 Å². The van der Waals surface area contributed by atoms with Gasteiger partial charge in [0.05, 0.1) is 11.1 Å². The van der Waals surface area contributed by atoms with Gasteiger partial charge in [0.1, 0.15) is 24.7 Å². The van der Waals surface area contributed by atoms with Gasteiger partial charge < -0.3 is 28.9 Å². The molecule has 240 valence electrons. The summed E-state index contributed by atoms with van der Waals surface area (Å²) in [4.78, 5) is 37.2. The molecule has 5 rings (SSSR count). The number of para-hydroxylation sites is 1. The molecule has 0 radical (unpaired) electrons. The quantitative estimate of drug-likeness (QED) is 0.146. The fraction of sp³-hybridized carbons (Fsp3) is 0.412. The number of ether oxygens (including phenoxy) is 4. The minimum atomic E-state index is -0.429. The van der Waals surface area contributed by atoms with Crippen LogP contribution in [0, 0.1) is 0 Å². The molecule has 2 amide bonds. The highest BCUT2D eigenvalue weighted by Crippen LogP contribution is 2.38. The summed E-state index contributed by atoms with van der Waals surface area (Å²) in [5.74, 6) is -0.849. The van der Waals surface area contributed by atoms with Gasteiger partial charge in [-0.05, 0) is 57.5 Å². The molecule has 3 N–H and O–H groups in total. The number of nitrogens with zero attached hydrogens (tertiary/aromatic N) is 2. The van der Waals surface area contributed by atoms with E-state index in [1.165, 1.54) is 0 Å². The van der Waals surface area contributed by atoms with E-state index in [1.807, 2.05) is 62.3 Å². The molecule has 0 fully saturated rings. The molecule has 11 heteroatoms. The van der Waals surface area contributed by atoms with Crippen molar-refractivity contribution in [1.29, 1.82) is 0 Å². The van der Waals surface area contributed by atoms with Gasteiger partial charge in [-0.1, -0.05) is 18.2 Å². The van der Waals surface area contributed by atoms with Crippen molar-refractivity contribution in [2.24, 2.45) is 0 Å². The smallest absolute Gasteiger partial charge is 0.259 e. The molecular weight excluding hydrogens is 574 g/mol. The number of amides is 2. The second-order valence-electron chi connectivity index (χ2n) is 11.8. The van der Waals surface area contributed by atoms with Crippen LogP contribution in [0.3, 0.4) is 0 Å². The molecule has 0 bridgehead atoms. The van der Waals surface area contributed by atoms with Crippen molar-refractivity contribution in [3.63, 3.8) is 0 Å². The van der Waals surface area contributed by atoms with E-state index in [0.717, 1.165) is 32.9 Å². The monoisotopic (exact) mass is 617 g/mol. The normalized spacial score (nSPS) is 16.8. The fourth-order valence-corrected chi connectivity index (χ4v) is 6.52. The summed E-state index contributed by atoms with van der Waals surface area (Å²) < 4.78 is 23.5. The van der Waals surface area contributed by atoms with Crippen molar-refractivity contribution >= 4 is 44.8 Å². The third-order valence-corrected chi connectivity index (χ3v) is 8.65. The van der Waals surface area contributed by atoms with Gasteiger partial charge in [0.2, 0.25) is 0 Å². The van der Waals surface area contributed by atoms with Crippen LogP contribution in [-0.2, 0) is 41.4 Å². The number of nitrogens with one attached hydrogen (secondary N) is 3. The minimum absolute atomic E-state index is 0.266. The van der Waals surface area contributed by atoms with Gasteiger partial charge in [0.25, 0.3) is 11.8 Å². The average Bonchev–Trinajstić information content (AvgIpc) is 3.70. The van der Waals surface area contributed by atoms with Crippen LogP contribution in [0.15, 0.2) is 48.8 Å². The summed E-state index contributed by atoms with van der Waals surface area (Å²) in [5.41, 5.74) is 5.78. The van der Waals surface area contributed by atoms with Gasteiger partial charge in [0, 0.05) is 86.6 Å². The molecule has 11 nitrogen and oxygen atoms in total. The predicted octanol–water partition coefficient (Wildman–Crippen LogP) is 3.40. The summed E-state index contributed by atoms with van der Waals surface area (Å²) in [6, 6.07) is 11.9. The van der Waals surface area contributed by atoms with Gasteiger partial charge in [-0.3, -0.25) is 24.7 Å². The number of carbonyl (C=O) groups excluding carboxylic acids is 2. The number of H-pyrrole nitrogens is 2. The van der Waals surface area contributed by atoms with E-state index in [4.69, 9.17) is 18.9 Å². The van der Waals surface area contributed by atoms with Crippen LogP contribution in [0.4, 0.5) is 0 Å². The second kappa shape index (κ2) is 13.7. The van der Waals surface area contributed by atoms with E-state index in [2.05, 4.69) is 27.4 Å². The maximum absolute atomic E-state index is 13.4. The van der Waals surface area contributed by atoms with Crippen molar-refractivity contribution in [1.82, 2.24) is 25.1 Å². The number of fused-ring (bicyclic) bond motifs is 2. The van der Waals surface area contributed by atoms with Crippen LogP contribution in [0.25, 0.3) is 33.0 Å². The van der Waals surface area contributed by atoms with E-state index >= 15 is 0 Å². The predicted molar refractivity (Wildman–Crippen MR) is 175 cm³/mol. The van der Waals surface area contributed by atoms with Crippen LogP contribution in [0.5, 0.6) is 0 Å². The highest BCUT2D eigenvalue weighted by Gasteiger charge is 2.35. The first kappa shape index (κ1) is 32.6. The Labute approximate surface area is 263 Å². The molecule has 2 aromatic carbocycles. The standard InChI is InChI=1S/C34H43N5O6/c1-38(2)33(44-7)27(42-5)15-19-13-22-24(18-36-26(22)14-20(19)16-28(43-6)34(45-8)39(3)4)30-29(31(40)37-32(30)41)23-17-35-25-12-10-9-11-21(23)25/h9-14,17-18,27-28,33-36H,15-16H2,1-8H3,(H,37,40,41). The second-order valence-corrected chi connectivity index (χ2v) is 11.8. The molecule has 0 aliphatic carbocycles. The van der Waals surface area contributed by atoms with Crippen LogP contribution in [0.1, 0.15) is 22.3 Å². The number of benzene rings is 2. The SMILES string of the molecule is COC(Cc1cc2[nH]cc(C3=C(c4c[nH]c5ccccc45)C(=O)NC3=O)c2cc1CC(OC)C(OC)N(C)C)C(OC)N(C)C.